The molecule has 0 radical (unpaired) electrons. The Kier molecular flexibility index (Phi) is 1.85. The second-order valence-corrected chi connectivity index (χ2v) is 3.81. The zero-order valence-corrected chi connectivity index (χ0v) is 8.15. The Morgan fingerprint density at radius 2 is 2.18 bits per heavy atom. The van der Waals surface area contributed by atoms with Gasteiger partial charge in [0.05, 0.1) is 29.4 Å². The van der Waals surface area contributed by atoms with Crippen LogP contribution in [0, 0.1) is 0 Å². The minimum absolute atomic E-state index is 0. The zero-order valence-electron chi connectivity index (χ0n) is 7.00. The van der Waals surface area contributed by atoms with Crippen LogP contribution in [0.5, 0.6) is 0 Å². The molecule has 0 saturated heterocycles. The van der Waals surface area contributed by atoms with E-state index in [4.69, 9.17) is 0 Å². The lowest BCUT2D eigenvalue weighted by molar-refractivity contribution is 0.659. The van der Waals surface area contributed by atoms with E-state index in [2.05, 4.69) is 62.5 Å². The fraction of sp³-hybridized carbons (Fsp3) is 0.111. The van der Waals surface area contributed by atoms with Crippen molar-refractivity contribution in [2.45, 2.75) is 6.54 Å². The molecule has 0 bridgehead atoms. The summed E-state index contributed by atoms with van der Waals surface area (Å²) >= 11 is 2.30. The van der Waals surface area contributed by atoms with Gasteiger partial charge < -0.3 is 3.11 Å². The highest BCUT2D eigenvalue weighted by Gasteiger charge is 2.05. The summed E-state index contributed by atoms with van der Waals surface area (Å²) in [5.41, 5.74) is 2.75. The summed E-state index contributed by atoms with van der Waals surface area (Å²) in [7, 11) is 0. The van der Waals surface area contributed by atoms with E-state index in [1.165, 1.54) is 11.1 Å². The quantitative estimate of drug-likeness (QED) is 0.511. The Morgan fingerprint density at radius 1 is 1.36 bits per heavy atom. The molecule has 56 valence electrons. The Labute approximate surface area is 81.7 Å². The Bertz CT molecular complexity index is 298. The molecule has 0 N–H and O–H groups in total. The van der Waals surface area contributed by atoms with Crippen molar-refractivity contribution in [3.63, 3.8) is 0 Å². The first-order valence-electron chi connectivity index (χ1n) is 3.55. The molecule has 1 heterocycles. The third-order valence-electron chi connectivity index (χ3n) is 1.79. The van der Waals surface area contributed by atoms with E-state index in [-0.39, 0.29) is 1.43 Å². The first-order valence-corrected chi connectivity index (χ1v) is 4.51. The largest absolute Gasteiger partial charge is 1.00 e. The Hall–Kier alpha value is -0.510. The van der Waals surface area contributed by atoms with Gasteiger partial charge in [0.2, 0.25) is 0 Å². The van der Waals surface area contributed by atoms with Crippen LogP contribution in [0.15, 0.2) is 30.5 Å². The molecule has 1 aromatic rings. The van der Waals surface area contributed by atoms with E-state index in [0.717, 1.165) is 6.54 Å². The highest BCUT2D eigenvalue weighted by molar-refractivity contribution is 14.1. The van der Waals surface area contributed by atoms with E-state index in [9.17, 15) is 0 Å². The van der Waals surface area contributed by atoms with Gasteiger partial charge in [0.15, 0.2) is 0 Å². The van der Waals surface area contributed by atoms with Crippen LogP contribution in [0.1, 0.15) is 12.6 Å². The molecule has 0 aromatic heterocycles. The number of nitrogens with zero attached hydrogens (tertiary/aromatic N) is 1. The van der Waals surface area contributed by atoms with Crippen LogP contribution < -0.4 is 0 Å². The van der Waals surface area contributed by atoms with Gasteiger partial charge in [-0.25, -0.2) is 0 Å². The molecular formula is C9H9IN+. The molecule has 0 spiro atoms. The molecule has 0 unspecified atom stereocenters. The average Bonchev–Trinajstić information content (AvgIpc) is 2.04. The maximum atomic E-state index is 2.30. The molecule has 11 heavy (non-hydrogen) atoms. The molecule has 0 saturated carbocycles. The summed E-state index contributed by atoms with van der Waals surface area (Å²) in [6.07, 6.45) is 4.24. The third-order valence-corrected chi connectivity index (χ3v) is 2.46. The van der Waals surface area contributed by atoms with Crippen LogP contribution >= 0.6 is 22.9 Å². The van der Waals surface area contributed by atoms with Crippen molar-refractivity contribution < 1.29 is 1.43 Å². The second-order valence-electron chi connectivity index (χ2n) is 2.57. The number of benzene rings is 1. The first-order chi connectivity index (χ1) is 5.36. The van der Waals surface area contributed by atoms with Gasteiger partial charge in [-0.15, -0.1) is 0 Å². The first kappa shape index (κ1) is 7.16. The predicted molar refractivity (Wildman–Crippen MR) is 56.2 cm³/mol. The van der Waals surface area contributed by atoms with Gasteiger partial charge in [0.1, 0.15) is 0 Å². The summed E-state index contributed by atoms with van der Waals surface area (Å²) in [6.45, 7) is 1.02. The summed E-state index contributed by atoms with van der Waals surface area (Å²) in [5.74, 6) is 0. The monoisotopic (exact) mass is 258 g/mol. The lowest BCUT2D eigenvalue weighted by Crippen LogP contribution is -2.07. The molecule has 0 atom stereocenters. The lowest BCUT2D eigenvalue weighted by Gasteiger charge is -2.17. The highest BCUT2D eigenvalue weighted by atomic mass is 127. The summed E-state index contributed by atoms with van der Waals surface area (Å²) < 4.78 is 2.15. The van der Waals surface area contributed by atoms with Crippen LogP contribution in [0.25, 0.3) is 6.08 Å². The van der Waals surface area contributed by atoms with E-state index < -0.39 is 0 Å². The zero-order chi connectivity index (χ0) is 7.68. The highest BCUT2D eigenvalue weighted by Crippen LogP contribution is 2.20. The van der Waals surface area contributed by atoms with Crippen molar-refractivity contribution in [1.29, 1.82) is 0 Å². The van der Waals surface area contributed by atoms with Crippen LogP contribution in [0.4, 0.5) is 0 Å². The van der Waals surface area contributed by atoms with Crippen LogP contribution in [-0.2, 0) is 6.54 Å². The lowest BCUT2D eigenvalue weighted by atomic mass is 10.1. The van der Waals surface area contributed by atoms with Crippen molar-refractivity contribution in [1.82, 2.24) is 3.11 Å². The topological polar surface area (TPSA) is 3.24 Å². The minimum Gasteiger partial charge on any atom is -0.317 e. The third kappa shape index (κ3) is 1.40. The number of hydrogen-bond acceptors (Lipinski definition) is 1. The van der Waals surface area contributed by atoms with Crippen molar-refractivity contribution in [2.75, 3.05) is 0 Å². The van der Waals surface area contributed by atoms with Gasteiger partial charge in [-0.05, 0) is 17.2 Å². The van der Waals surface area contributed by atoms with Crippen molar-refractivity contribution in [2.24, 2.45) is 0 Å². The van der Waals surface area contributed by atoms with Gasteiger partial charge >= 0.3 is 1.43 Å². The molecule has 0 fully saturated rings. The standard InChI is InChI=1S/C9H8IN/c10-11-6-5-8-3-1-2-4-9(8)7-11/h1-6H,7H2/p+1. The predicted octanol–water partition coefficient (Wildman–Crippen LogP) is 2.94. The number of rotatable bonds is 0. The van der Waals surface area contributed by atoms with Gasteiger partial charge in [-0.3, -0.25) is 0 Å². The Morgan fingerprint density at radius 3 is 3.09 bits per heavy atom. The normalized spacial score (nSPS) is 14.8. The van der Waals surface area contributed by atoms with E-state index in [0.29, 0.717) is 0 Å². The smallest absolute Gasteiger partial charge is 0.317 e. The van der Waals surface area contributed by atoms with Crippen LogP contribution in [0.3, 0.4) is 0 Å². The van der Waals surface area contributed by atoms with Crippen LogP contribution in [-0.4, -0.2) is 3.11 Å². The Balaban J connectivity index is 0.000000720. The molecule has 0 amide bonds. The molecule has 2 rings (SSSR count). The van der Waals surface area contributed by atoms with Gasteiger partial charge in [-0.1, -0.05) is 24.3 Å². The molecular weight excluding hydrogens is 249 g/mol. The molecule has 1 aromatic carbocycles. The van der Waals surface area contributed by atoms with Gasteiger partial charge in [-0.2, -0.15) is 0 Å². The number of fused-ring (bicyclic) bond motifs is 1. The summed E-state index contributed by atoms with van der Waals surface area (Å²) in [4.78, 5) is 0. The van der Waals surface area contributed by atoms with Crippen molar-refractivity contribution in [3.8, 4) is 0 Å². The van der Waals surface area contributed by atoms with E-state index in [1.54, 1.807) is 0 Å². The number of hydrogen-bond donors (Lipinski definition) is 0. The average molecular weight is 258 g/mol. The van der Waals surface area contributed by atoms with E-state index in [1.807, 2.05) is 0 Å². The van der Waals surface area contributed by atoms with Crippen molar-refractivity contribution in [3.05, 3.63) is 41.6 Å². The molecule has 1 aliphatic heterocycles. The maximum absolute atomic E-state index is 2.30. The van der Waals surface area contributed by atoms with Crippen LogP contribution in [0.2, 0.25) is 0 Å². The van der Waals surface area contributed by atoms with Gasteiger partial charge in [0.25, 0.3) is 0 Å². The SMILES string of the molecule is IN1C=Cc2ccccc2C1.[H+]. The maximum Gasteiger partial charge on any atom is 1.00 e. The van der Waals surface area contributed by atoms with Gasteiger partial charge in [0, 0.05) is 6.20 Å². The molecule has 1 nitrogen and oxygen atoms in total. The van der Waals surface area contributed by atoms with E-state index >= 15 is 0 Å². The second kappa shape index (κ2) is 2.85. The minimum atomic E-state index is 0. The number of halogens is 1. The molecule has 2 heteroatoms. The fourth-order valence-corrected chi connectivity index (χ4v) is 1.75. The summed E-state index contributed by atoms with van der Waals surface area (Å²) in [5, 5.41) is 0. The summed E-state index contributed by atoms with van der Waals surface area (Å²) in [6, 6.07) is 8.48. The fourth-order valence-electron chi connectivity index (χ4n) is 1.22. The molecule has 0 aliphatic carbocycles. The van der Waals surface area contributed by atoms with Crippen molar-refractivity contribution >= 4 is 28.9 Å². The molecule has 1 aliphatic rings.